The van der Waals surface area contributed by atoms with Crippen LogP contribution in [0.2, 0.25) is 0 Å². The normalized spacial score (nSPS) is 23.1. The van der Waals surface area contributed by atoms with E-state index in [2.05, 4.69) is 41.4 Å². The van der Waals surface area contributed by atoms with Gasteiger partial charge in [0.2, 0.25) is 0 Å². The molecule has 1 aliphatic rings. The van der Waals surface area contributed by atoms with Crippen LogP contribution in [-0.2, 0) is 11.3 Å². The van der Waals surface area contributed by atoms with Crippen molar-refractivity contribution in [2.24, 2.45) is 0 Å². The first-order chi connectivity index (χ1) is 10.3. The maximum Gasteiger partial charge on any atom is 0.407 e. The van der Waals surface area contributed by atoms with E-state index in [1.54, 1.807) is 0 Å². The molecule has 1 heterocycles. The average Bonchev–Trinajstić information content (AvgIpc) is 2.41. The van der Waals surface area contributed by atoms with E-state index < -0.39 is 5.60 Å². The second-order valence-electron chi connectivity index (χ2n) is 7.17. The van der Waals surface area contributed by atoms with E-state index in [9.17, 15) is 4.79 Å². The fraction of sp³-hybridized carbons (Fsp3) is 0.611. The molecule has 4 heteroatoms. The SMILES string of the molecule is C[C@H]1C[C@H](NC(=O)OC(C)(C)C)CCN1Cc1ccccc1. The third-order valence-electron chi connectivity index (χ3n) is 3.96. The number of hydrogen-bond donors (Lipinski definition) is 1. The summed E-state index contributed by atoms with van der Waals surface area (Å²) in [6.07, 6.45) is 1.63. The number of ether oxygens (including phenoxy) is 1. The first kappa shape index (κ1) is 16.8. The quantitative estimate of drug-likeness (QED) is 0.928. The molecule has 2 atom stereocenters. The lowest BCUT2D eigenvalue weighted by atomic mass is 9.97. The van der Waals surface area contributed by atoms with Gasteiger partial charge in [0, 0.05) is 25.2 Å². The Morgan fingerprint density at radius 3 is 2.59 bits per heavy atom. The van der Waals surface area contributed by atoms with Gasteiger partial charge in [-0.2, -0.15) is 0 Å². The predicted molar refractivity (Wildman–Crippen MR) is 88.7 cm³/mol. The molecule has 1 aromatic rings. The summed E-state index contributed by atoms with van der Waals surface area (Å²) in [5.41, 5.74) is 0.900. The minimum atomic E-state index is -0.441. The number of benzene rings is 1. The molecule has 0 saturated carbocycles. The van der Waals surface area contributed by atoms with Crippen LogP contribution in [0.3, 0.4) is 0 Å². The standard InChI is InChI=1S/C18H28N2O2/c1-14-12-16(19-17(21)22-18(2,3)4)10-11-20(14)13-15-8-6-5-7-9-15/h5-9,14,16H,10-13H2,1-4H3,(H,19,21)/t14-,16+/m0/s1. The van der Waals surface area contributed by atoms with Gasteiger partial charge in [0.25, 0.3) is 0 Å². The van der Waals surface area contributed by atoms with Crippen molar-refractivity contribution in [1.29, 1.82) is 0 Å². The number of piperidine rings is 1. The molecule has 1 fully saturated rings. The average molecular weight is 304 g/mol. The number of nitrogens with one attached hydrogen (secondary N) is 1. The van der Waals surface area contributed by atoms with Crippen LogP contribution in [0.15, 0.2) is 30.3 Å². The Kier molecular flexibility index (Phi) is 5.46. The molecule has 4 nitrogen and oxygen atoms in total. The predicted octanol–water partition coefficient (Wildman–Crippen LogP) is 3.56. The fourth-order valence-corrected chi connectivity index (χ4v) is 2.88. The van der Waals surface area contributed by atoms with Crippen LogP contribution < -0.4 is 5.32 Å². The van der Waals surface area contributed by atoms with Crippen LogP contribution in [-0.4, -0.2) is 35.2 Å². The molecule has 122 valence electrons. The summed E-state index contributed by atoms with van der Waals surface area (Å²) in [5, 5.41) is 3.00. The molecule has 0 unspecified atom stereocenters. The van der Waals surface area contributed by atoms with Crippen molar-refractivity contribution in [2.75, 3.05) is 6.54 Å². The lowest BCUT2D eigenvalue weighted by Crippen LogP contribution is -2.49. The Morgan fingerprint density at radius 2 is 2.00 bits per heavy atom. The number of carbonyl (C=O) groups excluding carboxylic acids is 1. The van der Waals surface area contributed by atoms with Crippen molar-refractivity contribution in [3.63, 3.8) is 0 Å². The van der Waals surface area contributed by atoms with Gasteiger partial charge in [0.1, 0.15) is 5.60 Å². The number of nitrogens with zero attached hydrogens (tertiary/aromatic N) is 1. The summed E-state index contributed by atoms with van der Waals surface area (Å²) >= 11 is 0. The van der Waals surface area contributed by atoms with E-state index in [0.717, 1.165) is 25.9 Å². The second kappa shape index (κ2) is 7.14. The molecule has 1 aromatic carbocycles. The summed E-state index contributed by atoms with van der Waals surface area (Å²) in [6, 6.07) is 11.2. The Morgan fingerprint density at radius 1 is 1.32 bits per heavy atom. The van der Waals surface area contributed by atoms with Gasteiger partial charge < -0.3 is 10.1 Å². The van der Waals surface area contributed by atoms with Gasteiger partial charge in [-0.1, -0.05) is 30.3 Å². The van der Waals surface area contributed by atoms with Gasteiger partial charge in [-0.05, 0) is 46.1 Å². The number of alkyl carbamates (subject to hydrolysis) is 1. The monoisotopic (exact) mass is 304 g/mol. The first-order valence-corrected chi connectivity index (χ1v) is 8.11. The topological polar surface area (TPSA) is 41.6 Å². The molecule has 1 aliphatic heterocycles. The van der Waals surface area contributed by atoms with Gasteiger partial charge in [-0.3, -0.25) is 4.90 Å². The highest BCUT2D eigenvalue weighted by Crippen LogP contribution is 2.20. The summed E-state index contributed by atoms with van der Waals surface area (Å²) in [4.78, 5) is 14.3. The number of carbonyl (C=O) groups is 1. The molecule has 0 spiro atoms. The van der Waals surface area contributed by atoms with E-state index in [1.165, 1.54) is 5.56 Å². The molecule has 1 N–H and O–H groups in total. The number of amides is 1. The summed E-state index contributed by atoms with van der Waals surface area (Å²) < 4.78 is 5.33. The van der Waals surface area contributed by atoms with Crippen molar-refractivity contribution >= 4 is 6.09 Å². The van der Waals surface area contributed by atoms with Crippen molar-refractivity contribution in [1.82, 2.24) is 10.2 Å². The maximum atomic E-state index is 11.9. The van der Waals surface area contributed by atoms with Gasteiger partial charge in [0.15, 0.2) is 0 Å². The highest BCUT2D eigenvalue weighted by atomic mass is 16.6. The van der Waals surface area contributed by atoms with Crippen LogP contribution in [0.4, 0.5) is 4.79 Å². The zero-order valence-corrected chi connectivity index (χ0v) is 14.1. The van der Waals surface area contributed by atoms with Crippen LogP contribution in [0.25, 0.3) is 0 Å². The Labute approximate surface area is 133 Å². The van der Waals surface area contributed by atoms with E-state index in [-0.39, 0.29) is 12.1 Å². The molecule has 0 radical (unpaired) electrons. The third kappa shape index (κ3) is 5.34. The third-order valence-corrected chi connectivity index (χ3v) is 3.96. The van der Waals surface area contributed by atoms with Gasteiger partial charge in [0.05, 0.1) is 0 Å². The van der Waals surface area contributed by atoms with Gasteiger partial charge in [-0.25, -0.2) is 4.79 Å². The fourth-order valence-electron chi connectivity index (χ4n) is 2.88. The Hall–Kier alpha value is -1.55. The highest BCUT2D eigenvalue weighted by molar-refractivity contribution is 5.68. The number of hydrogen-bond acceptors (Lipinski definition) is 3. The zero-order valence-electron chi connectivity index (χ0n) is 14.1. The number of rotatable bonds is 3. The highest BCUT2D eigenvalue weighted by Gasteiger charge is 2.27. The largest absolute Gasteiger partial charge is 0.444 e. The molecule has 1 amide bonds. The molecule has 22 heavy (non-hydrogen) atoms. The van der Waals surface area contributed by atoms with Gasteiger partial charge >= 0.3 is 6.09 Å². The molecule has 2 rings (SSSR count). The van der Waals surface area contributed by atoms with E-state index >= 15 is 0 Å². The summed E-state index contributed by atoms with van der Waals surface area (Å²) in [7, 11) is 0. The van der Waals surface area contributed by atoms with E-state index in [1.807, 2.05) is 26.8 Å². The molecule has 1 saturated heterocycles. The lowest BCUT2D eigenvalue weighted by Gasteiger charge is -2.38. The second-order valence-corrected chi connectivity index (χ2v) is 7.17. The van der Waals surface area contributed by atoms with Crippen LogP contribution in [0.5, 0.6) is 0 Å². The van der Waals surface area contributed by atoms with E-state index in [4.69, 9.17) is 4.74 Å². The first-order valence-electron chi connectivity index (χ1n) is 8.11. The summed E-state index contributed by atoms with van der Waals surface area (Å²) in [5.74, 6) is 0. The van der Waals surface area contributed by atoms with Crippen LogP contribution >= 0.6 is 0 Å². The Bertz CT molecular complexity index is 482. The minimum Gasteiger partial charge on any atom is -0.444 e. The van der Waals surface area contributed by atoms with Crippen LogP contribution in [0.1, 0.15) is 46.1 Å². The number of likely N-dealkylation sites (tertiary alicyclic amines) is 1. The maximum absolute atomic E-state index is 11.9. The van der Waals surface area contributed by atoms with Crippen molar-refractivity contribution < 1.29 is 9.53 Å². The minimum absolute atomic E-state index is 0.205. The lowest BCUT2D eigenvalue weighted by molar-refractivity contribution is 0.0453. The molecule has 0 aliphatic carbocycles. The zero-order chi connectivity index (χ0) is 16.2. The van der Waals surface area contributed by atoms with Gasteiger partial charge in [-0.15, -0.1) is 0 Å². The molecule has 0 aromatic heterocycles. The van der Waals surface area contributed by atoms with Crippen molar-refractivity contribution in [3.8, 4) is 0 Å². The molecule has 0 bridgehead atoms. The van der Waals surface area contributed by atoms with Crippen LogP contribution in [0, 0.1) is 0 Å². The van der Waals surface area contributed by atoms with Crippen molar-refractivity contribution in [3.05, 3.63) is 35.9 Å². The molecular weight excluding hydrogens is 276 g/mol. The summed E-state index contributed by atoms with van der Waals surface area (Å²) in [6.45, 7) is 9.86. The Balaban J connectivity index is 1.81. The van der Waals surface area contributed by atoms with Crippen molar-refractivity contribution in [2.45, 2.75) is 64.8 Å². The smallest absolute Gasteiger partial charge is 0.407 e. The molecular formula is C18H28N2O2. The van der Waals surface area contributed by atoms with E-state index in [0.29, 0.717) is 6.04 Å².